The van der Waals surface area contributed by atoms with Crippen LogP contribution >= 0.6 is 12.4 Å². The van der Waals surface area contributed by atoms with Crippen LogP contribution in [0.5, 0.6) is 0 Å². The van der Waals surface area contributed by atoms with Crippen molar-refractivity contribution < 1.29 is 24.9 Å². The summed E-state index contributed by atoms with van der Waals surface area (Å²) in [6, 6.07) is 0. The van der Waals surface area contributed by atoms with Gasteiger partial charge in [0, 0.05) is 0 Å². The van der Waals surface area contributed by atoms with E-state index in [1.54, 1.807) is 0 Å². The van der Waals surface area contributed by atoms with Crippen LogP contribution in [0.25, 0.3) is 0 Å². The maximum absolute atomic E-state index is 9.72. The topological polar surface area (TPSA) is 94.8 Å². The number of halogens is 1. The van der Waals surface area contributed by atoms with Crippen molar-refractivity contribution >= 4 is 127 Å². The molecule has 0 aliphatic rings. The average Bonchev–Trinajstić information content (AvgIpc) is 1.63. The molecule has 0 bridgehead atoms. The molecule has 12 heavy (non-hydrogen) atoms. The van der Waals surface area contributed by atoms with Gasteiger partial charge in [-0.25, -0.2) is 4.79 Å². The Bertz CT molecular complexity index is 141. The van der Waals surface area contributed by atoms with Crippen LogP contribution in [0.15, 0.2) is 0 Å². The minimum atomic E-state index is -1.79. The molecule has 5 nitrogen and oxygen atoms in total. The van der Waals surface area contributed by atoms with Gasteiger partial charge in [-0.3, -0.25) is 4.79 Å². The molecule has 1 atom stereocenters. The number of carbonyl (C=O) groups is 2. The molecule has 0 aliphatic heterocycles. The van der Waals surface area contributed by atoms with Gasteiger partial charge in [0.1, 0.15) is 0 Å². The van der Waals surface area contributed by atoms with Gasteiger partial charge in [0.2, 0.25) is 0 Å². The zero-order valence-corrected chi connectivity index (χ0v) is 5.67. The van der Waals surface area contributed by atoms with E-state index in [2.05, 4.69) is 0 Å². The second kappa shape index (κ2) is 13.5. The summed E-state index contributed by atoms with van der Waals surface area (Å²) < 4.78 is 0. The average molecular weight is 251 g/mol. The first kappa shape index (κ1) is 23.9. The van der Waals surface area contributed by atoms with Gasteiger partial charge in [0.15, 0.2) is 6.10 Å². The normalized spacial score (nSPS) is 9.42. The Morgan fingerprint density at radius 3 is 1.58 bits per heavy atom. The van der Waals surface area contributed by atoms with E-state index in [4.69, 9.17) is 15.3 Å². The van der Waals surface area contributed by atoms with Gasteiger partial charge in [-0.1, -0.05) is 0 Å². The Morgan fingerprint density at radius 1 is 1.17 bits per heavy atom. The third kappa shape index (κ3) is 15.0. The Hall–Kier alpha value is 2.46. The molecule has 3 N–H and O–H groups in total. The van der Waals surface area contributed by atoms with Crippen LogP contribution in [0.1, 0.15) is 6.42 Å². The Morgan fingerprint density at radius 2 is 1.50 bits per heavy atom. The van der Waals surface area contributed by atoms with E-state index in [0.717, 1.165) is 0 Å². The molecule has 0 saturated carbocycles. The molecule has 0 spiro atoms. The second-order valence-corrected chi connectivity index (χ2v) is 1.45. The van der Waals surface area contributed by atoms with Gasteiger partial charge in [-0.2, -0.15) is 0 Å². The summed E-state index contributed by atoms with van der Waals surface area (Å²) in [5.41, 5.74) is 0. The van der Waals surface area contributed by atoms with Crippen LogP contribution < -0.4 is 0 Å². The van der Waals surface area contributed by atoms with Crippen molar-refractivity contribution in [2.24, 2.45) is 0 Å². The number of carboxylic acids is 2. The van der Waals surface area contributed by atoms with E-state index >= 15 is 0 Å². The molecule has 0 aromatic heterocycles. The first-order valence-corrected chi connectivity index (χ1v) is 2.16. The third-order valence-corrected chi connectivity index (χ3v) is 0.653. The van der Waals surface area contributed by atoms with Crippen molar-refractivity contribution in [2.45, 2.75) is 12.5 Å². The molecule has 0 heterocycles. The Kier molecular flexibility index (Phi) is 26.9. The maximum atomic E-state index is 9.72. The van der Waals surface area contributed by atoms with E-state index < -0.39 is 24.5 Å². The minimum absolute atomic E-state index is 0. The molecule has 0 fully saturated rings. The SMILES string of the molecule is Cl.O=C(O)CC(O)C(=O)O.[KH].[KH]. The van der Waals surface area contributed by atoms with Crippen LogP contribution in [-0.2, 0) is 9.59 Å². The van der Waals surface area contributed by atoms with E-state index in [1.807, 2.05) is 0 Å². The van der Waals surface area contributed by atoms with Gasteiger partial charge in [0.05, 0.1) is 6.42 Å². The summed E-state index contributed by atoms with van der Waals surface area (Å²) in [4.78, 5) is 19.4. The monoisotopic (exact) mass is 250 g/mol. The standard InChI is InChI=1S/C4H6O5.ClH.2K.2H/c5-2(4(8)9)1-3(6)7;;;;;/h2,5H,1H2,(H,6,7)(H,8,9);1H;;;;. The van der Waals surface area contributed by atoms with E-state index in [1.165, 1.54) is 0 Å². The van der Waals surface area contributed by atoms with Gasteiger partial charge in [0.25, 0.3) is 0 Å². The van der Waals surface area contributed by atoms with Crippen molar-refractivity contribution in [1.82, 2.24) is 0 Å². The first-order valence-electron chi connectivity index (χ1n) is 2.16. The van der Waals surface area contributed by atoms with Crippen molar-refractivity contribution in [3.05, 3.63) is 0 Å². The van der Waals surface area contributed by atoms with Crippen molar-refractivity contribution in [1.29, 1.82) is 0 Å². The van der Waals surface area contributed by atoms with Crippen molar-refractivity contribution in [3.8, 4) is 0 Å². The number of aliphatic hydroxyl groups is 1. The molecular weight excluding hydrogens is 242 g/mol. The number of aliphatic hydroxyl groups excluding tert-OH is 1. The molecule has 1 unspecified atom stereocenters. The predicted octanol–water partition coefficient (Wildman–Crippen LogP) is -1.97. The van der Waals surface area contributed by atoms with Crippen LogP contribution in [0, 0.1) is 0 Å². The molecule has 0 saturated heterocycles. The summed E-state index contributed by atoms with van der Waals surface area (Å²) in [7, 11) is 0. The molecule has 64 valence electrons. The molecule has 8 heteroatoms. The first-order chi connectivity index (χ1) is 4.04. The summed E-state index contributed by atoms with van der Waals surface area (Å²) in [5.74, 6) is -2.85. The summed E-state index contributed by atoms with van der Waals surface area (Å²) >= 11 is 0. The number of aliphatic carboxylic acids is 2. The van der Waals surface area contributed by atoms with Gasteiger partial charge in [-0.05, 0) is 0 Å². The molecular formula is C4H9ClK2O5. The molecule has 0 aromatic carbocycles. The predicted molar refractivity (Wildman–Crippen MR) is 47.4 cm³/mol. The summed E-state index contributed by atoms with van der Waals surface area (Å²) in [6.07, 6.45) is -2.54. The van der Waals surface area contributed by atoms with Crippen molar-refractivity contribution in [2.75, 3.05) is 0 Å². The van der Waals surface area contributed by atoms with Gasteiger partial charge < -0.3 is 15.3 Å². The zero-order valence-electron chi connectivity index (χ0n) is 4.85. The Labute approximate surface area is 161 Å². The van der Waals surface area contributed by atoms with Crippen LogP contribution in [-0.4, -0.2) is 136 Å². The zero-order chi connectivity index (χ0) is 7.44. The van der Waals surface area contributed by atoms with E-state index in [-0.39, 0.29) is 115 Å². The van der Waals surface area contributed by atoms with Gasteiger partial charge >= 0.3 is 115 Å². The second-order valence-electron chi connectivity index (χ2n) is 1.45. The molecule has 0 amide bonds. The van der Waals surface area contributed by atoms with Crippen LogP contribution in [0.4, 0.5) is 0 Å². The molecule has 0 radical (unpaired) electrons. The summed E-state index contributed by atoms with van der Waals surface area (Å²) in [6.45, 7) is 0. The number of hydrogen-bond acceptors (Lipinski definition) is 3. The van der Waals surface area contributed by atoms with Crippen LogP contribution in [0.3, 0.4) is 0 Å². The molecule has 0 rings (SSSR count). The van der Waals surface area contributed by atoms with Crippen molar-refractivity contribution in [3.63, 3.8) is 0 Å². The molecule has 0 aliphatic carbocycles. The molecule has 0 aromatic rings. The van der Waals surface area contributed by atoms with E-state index in [9.17, 15) is 9.59 Å². The van der Waals surface area contributed by atoms with E-state index in [0.29, 0.717) is 0 Å². The quantitative estimate of drug-likeness (QED) is 0.505. The summed E-state index contributed by atoms with van der Waals surface area (Å²) in [5, 5.41) is 24.1. The fourth-order valence-electron chi connectivity index (χ4n) is 0.253. The number of carboxylic acid groups (broad SMARTS) is 2. The number of hydrogen-bond donors (Lipinski definition) is 3. The fraction of sp³-hybridized carbons (Fsp3) is 0.500. The van der Waals surface area contributed by atoms with Crippen LogP contribution in [0.2, 0.25) is 0 Å². The van der Waals surface area contributed by atoms with Gasteiger partial charge in [-0.15, -0.1) is 12.4 Å². The third-order valence-electron chi connectivity index (χ3n) is 0.653. The Balaban J connectivity index is -0.000000107. The fourth-order valence-corrected chi connectivity index (χ4v) is 0.253. The number of rotatable bonds is 3.